The van der Waals surface area contributed by atoms with E-state index in [0.29, 0.717) is 30.7 Å². The Kier molecular flexibility index (Phi) is 8.45. The third kappa shape index (κ3) is 5.90. The van der Waals surface area contributed by atoms with Crippen LogP contribution in [0.15, 0.2) is 35.3 Å². The molecule has 0 radical (unpaired) electrons. The van der Waals surface area contributed by atoms with Gasteiger partial charge in [-0.1, -0.05) is 0 Å². The van der Waals surface area contributed by atoms with Crippen LogP contribution in [0, 0.1) is 17.6 Å². The minimum absolute atomic E-state index is 0.0264. The summed E-state index contributed by atoms with van der Waals surface area (Å²) in [4.78, 5) is 51.1. The molecule has 0 bridgehead atoms. The molecule has 4 heterocycles. The molecule has 2 atom stereocenters. The predicted octanol–water partition coefficient (Wildman–Crippen LogP) is 4.08. The minimum atomic E-state index is -1.37. The average molecular weight is 641 g/mol. The molecular weight excluding hydrogens is 606 g/mol. The van der Waals surface area contributed by atoms with Crippen LogP contribution in [0.3, 0.4) is 0 Å². The largest absolute Gasteiger partial charge is 0.491 e. The molecule has 12 nitrogen and oxygen atoms in total. The molecule has 3 aliphatic heterocycles. The van der Waals surface area contributed by atoms with Crippen molar-refractivity contribution in [2.24, 2.45) is 5.92 Å². The highest BCUT2D eigenvalue weighted by Gasteiger charge is 2.34. The number of cyclic esters (lactones) is 1. The van der Waals surface area contributed by atoms with Crippen molar-refractivity contribution in [2.45, 2.75) is 45.3 Å². The number of benzene rings is 2. The molecule has 6 rings (SSSR count). The number of aromatic nitrogens is 1. The molecule has 3 aromatic rings. The van der Waals surface area contributed by atoms with Crippen molar-refractivity contribution in [3.8, 4) is 11.5 Å². The Morgan fingerprint density at radius 3 is 2.59 bits per heavy atom. The molecule has 0 aliphatic carbocycles. The Labute approximate surface area is 262 Å². The van der Waals surface area contributed by atoms with Gasteiger partial charge in [0.1, 0.15) is 24.0 Å². The van der Waals surface area contributed by atoms with E-state index >= 15 is 4.39 Å². The topological polar surface area (TPSA) is 140 Å². The number of carbonyl (C=O) groups is 3. The first-order valence-electron chi connectivity index (χ1n) is 15.2. The van der Waals surface area contributed by atoms with Crippen molar-refractivity contribution in [3.05, 3.63) is 57.9 Å². The molecule has 46 heavy (non-hydrogen) atoms. The van der Waals surface area contributed by atoms with Crippen LogP contribution in [0.5, 0.6) is 11.5 Å². The van der Waals surface area contributed by atoms with Crippen LogP contribution < -0.4 is 30.0 Å². The number of rotatable bonds is 9. The molecule has 2 fully saturated rings. The number of nitrogens with one attached hydrogen (secondary N) is 1. The van der Waals surface area contributed by atoms with Gasteiger partial charge in [-0.3, -0.25) is 14.5 Å². The summed E-state index contributed by atoms with van der Waals surface area (Å²) in [6.45, 7) is 5.06. The highest BCUT2D eigenvalue weighted by Crippen LogP contribution is 2.43. The molecule has 2 saturated heterocycles. The van der Waals surface area contributed by atoms with Gasteiger partial charge in [-0.25, -0.2) is 18.4 Å². The first-order valence-corrected chi connectivity index (χ1v) is 15.2. The van der Waals surface area contributed by atoms with Gasteiger partial charge in [0.15, 0.2) is 23.1 Å². The number of carbonyl (C=O) groups excluding carboxylic acids is 2. The van der Waals surface area contributed by atoms with Crippen molar-refractivity contribution in [2.75, 3.05) is 49.2 Å². The highest BCUT2D eigenvalue weighted by atomic mass is 19.1. The van der Waals surface area contributed by atoms with Crippen LogP contribution in [0.2, 0.25) is 0 Å². The number of amides is 2. The number of nitrogens with zero attached hydrogens (tertiary/aromatic N) is 3. The Morgan fingerprint density at radius 1 is 1.13 bits per heavy atom. The molecule has 0 spiro atoms. The molecule has 3 aliphatic rings. The Morgan fingerprint density at radius 2 is 1.89 bits per heavy atom. The third-order valence-electron chi connectivity index (χ3n) is 8.77. The Balaban J connectivity index is 1.07. The number of piperidine rings is 1. The van der Waals surface area contributed by atoms with Gasteiger partial charge < -0.3 is 34.1 Å². The van der Waals surface area contributed by atoms with E-state index in [-0.39, 0.29) is 66.7 Å². The molecule has 2 unspecified atom stereocenters. The van der Waals surface area contributed by atoms with E-state index in [4.69, 9.17) is 14.2 Å². The standard InChI is InChI=1S/C32H34F2N4O8/c1-17-16-45-30-27-22(29(40)23(31(41)42)15-37(17)27)12-25(34)28(30)36-8-5-19(6-9-36)7-10-44-26-4-3-20(11-24(26)33)38-14-21(46-32(38)43)13-35-18(2)39/h3-4,11-12,15,17,19,21H,5-10,13-14,16H2,1-2H3,(H,35,39)(H,41,42). The zero-order valence-corrected chi connectivity index (χ0v) is 25.4. The highest BCUT2D eigenvalue weighted by molar-refractivity contribution is 5.97. The van der Waals surface area contributed by atoms with Crippen LogP contribution in [0.4, 0.5) is 25.0 Å². The van der Waals surface area contributed by atoms with Gasteiger partial charge in [0.2, 0.25) is 11.3 Å². The summed E-state index contributed by atoms with van der Waals surface area (Å²) in [6, 6.07) is 5.12. The van der Waals surface area contributed by atoms with E-state index in [2.05, 4.69) is 5.32 Å². The van der Waals surface area contributed by atoms with Crippen molar-refractivity contribution < 1.29 is 42.5 Å². The van der Waals surface area contributed by atoms with E-state index in [1.807, 2.05) is 11.8 Å². The summed E-state index contributed by atoms with van der Waals surface area (Å²) in [7, 11) is 0. The van der Waals surface area contributed by atoms with Gasteiger partial charge in [-0.05, 0) is 50.3 Å². The second kappa shape index (κ2) is 12.5. The molecule has 2 amide bonds. The van der Waals surface area contributed by atoms with Crippen molar-refractivity contribution in [1.82, 2.24) is 9.88 Å². The number of pyridine rings is 1. The maximum atomic E-state index is 15.6. The second-order valence-corrected chi connectivity index (χ2v) is 11.9. The van der Waals surface area contributed by atoms with Crippen LogP contribution in [0.25, 0.3) is 10.9 Å². The quantitative estimate of drug-likeness (QED) is 0.354. The molecule has 14 heteroatoms. The van der Waals surface area contributed by atoms with Gasteiger partial charge in [0.25, 0.3) is 0 Å². The number of halogens is 2. The van der Waals surface area contributed by atoms with Gasteiger partial charge in [0.05, 0.1) is 42.3 Å². The van der Waals surface area contributed by atoms with E-state index in [1.165, 1.54) is 30.2 Å². The molecule has 1 aromatic heterocycles. The van der Waals surface area contributed by atoms with Gasteiger partial charge in [-0.2, -0.15) is 0 Å². The number of carboxylic acid groups (broad SMARTS) is 1. The van der Waals surface area contributed by atoms with E-state index in [1.54, 1.807) is 10.6 Å². The number of hydrogen-bond donors (Lipinski definition) is 2. The fraction of sp³-hybridized carbons (Fsp3) is 0.438. The first-order chi connectivity index (χ1) is 22.0. The fourth-order valence-electron chi connectivity index (χ4n) is 6.31. The summed E-state index contributed by atoms with van der Waals surface area (Å²) >= 11 is 0. The summed E-state index contributed by atoms with van der Waals surface area (Å²) in [5.41, 5.74) is -0.192. The van der Waals surface area contributed by atoms with Crippen LogP contribution in [-0.2, 0) is 9.53 Å². The van der Waals surface area contributed by atoms with Gasteiger partial charge >= 0.3 is 12.1 Å². The van der Waals surface area contributed by atoms with Gasteiger partial charge in [0, 0.05) is 32.3 Å². The lowest BCUT2D eigenvalue weighted by Gasteiger charge is -2.36. The number of carboxylic acids is 1. The summed E-state index contributed by atoms with van der Waals surface area (Å²) in [5.74, 6) is -2.32. The zero-order chi connectivity index (χ0) is 32.7. The summed E-state index contributed by atoms with van der Waals surface area (Å²) in [5, 5.41) is 12.1. The number of hydrogen-bond acceptors (Lipinski definition) is 8. The molecule has 0 saturated carbocycles. The van der Waals surface area contributed by atoms with E-state index < -0.39 is 40.8 Å². The summed E-state index contributed by atoms with van der Waals surface area (Å²) in [6.07, 6.45) is 2.24. The normalized spacial score (nSPS) is 19.6. The van der Waals surface area contributed by atoms with Crippen molar-refractivity contribution in [3.63, 3.8) is 0 Å². The van der Waals surface area contributed by atoms with Crippen molar-refractivity contribution in [1.29, 1.82) is 0 Å². The SMILES string of the molecule is CC(=O)NCC1CN(c2ccc(OCCC3CCN(c4c(F)cc5c(=O)c(C(=O)O)cn6c5c4OCC6C)CC3)c(F)c2)C(=O)O1. The van der Waals surface area contributed by atoms with Crippen molar-refractivity contribution >= 4 is 40.2 Å². The fourth-order valence-corrected chi connectivity index (χ4v) is 6.31. The lowest BCUT2D eigenvalue weighted by molar-refractivity contribution is -0.119. The maximum absolute atomic E-state index is 15.6. The summed E-state index contributed by atoms with van der Waals surface area (Å²) < 4.78 is 49.1. The van der Waals surface area contributed by atoms with Crippen LogP contribution in [0.1, 0.15) is 49.5 Å². The molecule has 244 valence electrons. The average Bonchev–Trinajstić information content (AvgIpc) is 3.40. The Hall–Kier alpha value is -4.88. The van der Waals surface area contributed by atoms with Crippen LogP contribution >= 0.6 is 0 Å². The number of aromatic carboxylic acids is 1. The molecule has 2 aromatic carbocycles. The zero-order valence-electron chi connectivity index (χ0n) is 25.4. The lowest BCUT2D eigenvalue weighted by atomic mass is 9.93. The Bertz CT molecular complexity index is 1770. The third-order valence-corrected chi connectivity index (χ3v) is 8.77. The maximum Gasteiger partial charge on any atom is 0.414 e. The smallest absolute Gasteiger partial charge is 0.414 e. The van der Waals surface area contributed by atoms with Crippen LogP contribution in [-0.4, -0.2) is 73.1 Å². The molecular formula is C32H34F2N4O8. The van der Waals surface area contributed by atoms with E-state index in [9.17, 15) is 28.7 Å². The van der Waals surface area contributed by atoms with Gasteiger partial charge in [-0.15, -0.1) is 0 Å². The number of anilines is 2. The predicted molar refractivity (Wildman–Crippen MR) is 163 cm³/mol. The number of ether oxygens (including phenoxy) is 3. The monoisotopic (exact) mass is 640 g/mol. The lowest BCUT2D eigenvalue weighted by Crippen LogP contribution is -2.36. The first kappa shape index (κ1) is 31.1. The minimum Gasteiger partial charge on any atom is -0.491 e. The molecule has 2 N–H and O–H groups in total. The second-order valence-electron chi connectivity index (χ2n) is 11.9. The van der Waals surface area contributed by atoms with E-state index in [0.717, 1.165) is 18.9 Å².